The van der Waals surface area contributed by atoms with E-state index < -0.39 is 17.4 Å². The van der Waals surface area contributed by atoms with E-state index in [-0.39, 0.29) is 13.2 Å². The molecule has 0 radical (unpaired) electrons. The smallest absolute Gasteiger partial charge is 0.302 e. The zero-order chi connectivity index (χ0) is 15.7. The van der Waals surface area contributed by atoms with Gasteiger partial charge in [0.1, 0.15) is 24.9 Å². The van der Waals surface area contributed by atoms with Crippen molar-refractivity contribution in [3.63, 3.8) is 0 Å². The molecule has 0 saturated carbocycles. The zero-order valence-corrected chi connectivity index (χ0v) is 12.1. The normalized spacial score (nSPS) is 11.1. The van der Waals surface area contributed by atoms with Crippen LogP contribution in [0.25, 0.3) is 6.08 Å². The fourth-order valence-corrected chi connectivity index (χ4v) is 1.54. The fourth-order valence-electron chi connectivity index (χ4n) is 1.54. The van der Waals surface area contributed by atoms with Crippen molar-refractivity contribution in [1.82, 2.24) is 0 Å². The number of benzene rings is 1. The van der Waals surface area contributed by atoms with Crippen molar-refractivity contribution in [2.45, 2.75) is 13.8 Å². The molecule has 1 aromatic rings. The predicted molar refractivity (Wildman–Crippen MR) is 77.2 cm³/mol. The molecule has 5 heteroatoms. The van der Waals surface area contributed by atoms with Gasteiger partial charge in [0.2, 0.25) is 0 Å². The van der Waals surface area contributed by atoms with Crippen LogP contribution >= 0.6 is 0 Å². The van der Waals surface area contributed by atoms with Gasteiger partial charge >= 0.3 is 11.9 Å². The summed E-state index contributed by atoms with van der Waals surface area (Å²) in [5, 5.41) is 0. The molecule has 0 bridgehead atoms. The molecule has 1 rings (SSSR count). The van der Waals surface area contributed by atoms with E-state index in [1.165, 1.54) is 13.8 Å². The number of carbonyl (C=O) groups is 3. The molecule has 21 heavy (non-hydrogen) atoms. The Morgan fingerprint density at radius 3 is 2.00 bits per heavy atom. The summed E-state index contributed by atoms with van der Waals surface area (Å²) in [5.41, 5.74) is -0.304. The van der Waals surface area contributed by atoms with Gasteiger partial charge in [0.15, 0.2) is 0 Å². The Kier molecular flexibility index (Phi) is 6.33. The van der Waals surface area contributed by atoms with Gasteiger partial charge in [-0.3, -0.25) is 9.59 Å². The summed E-state index contributed by atoms with van der Waals surface area (Å²) in [6.45, 7) is 2.15. The Balaban J connectivity index is 2.92. The molecule has 0 fully saturated rings. The number of hydrogen-bond acceptors (Lipinski definition) is 5. The first-order valence-electron chi connectivity index (χ1n) is 6.45. The van der Waals surface area contributed by atoms with Gasteiger partial charge in [-0.1, -0.05) is 42.5 Å². The number of aldehydes is 1. The lowest BCUT2D eigenvalue weighted by molar-refractivity contribution is -0.150. The summed E-state index contributed by atoms with van der Waals surface area (Å²) in [4.78, 5) is 33.3. The van der Waals surface area contributed by atoms with Crippen molar-refractivity contribution in [3.05, 3.63) is 42.0 Å². The maximum atomic E-state index is 11.4. The van der Waals surface area contributed by atoms with E-state index in [4.69, 9.17) is 9.47 Å². The predicted octanol–water partition coefficient (Wildman–Crippen LogP) is 2.01. The molecule has 5 nitrogen and oxygen atoms in total. The monoisotopic (exact) mass is 290 g/mol. The second kappa shape index (κ2) is 7.99. The van der Waals surface area contributed by atoms with Crippen molar-refractivity contribution in [1.29, 1.82) is 0 Å². The van der Waals surface area contributed by atoms with Crippen LogP contribution in [-0.2, 0) is 23.9 Å². The Morgan fingerprint density at radius 1 is 1.05 bits per heavy atom. The molecule has 0 saturated heterocycles. The molecular weight excluding hydrogens is 272 g/mol. The largest absolute Gasteiger partial charge is 0.464 e. The third kappa shape index (κ3) is 6.03. The van der Waals surface area contributed by atoms with Gasteiger partial charge in [0.05, 0.1) is 0 Å². The number of rotatable bonds is 7. The van der Waals surface area contributed by atoms with Crippen LogP contribution in [0.5, 0.6) is 0 Å². The molecule has 112 valence electrons. The first kappa shape index (κ1) is 16.6. The van der Waals surface area contributed by atoms with Crippen LogP contribution in [-0.4, -0.2) is 31.4 Å². The average Bonchev–Trinajstić information content (AvgIpc) is 2.48. The van der Waals surface area contributed by atoms with E-state index in [9.17, 15) is 14.4 Å². The Hall–Kier alpha value is -2.43. The standard InChI is InChI=1S/C16H18O5/c1-13(18)20-11-16(10-17,12-21-14(2)19)9-8-15-6-4-3-5-7-15/h3-10H,11-12H2,1-2H3. The second-order valence-corrected chi connectivity index (χ2v) is 4.66. The van der Waals surface area contributed by atoms with Crippen molar-refractivity contribution < 1.29 is 23.9 Å². The number of ether oxygens (including phenoxy) is 2. The minimum Gasteiger partial charge on any atom is -0.464 e. The highest BCUT2D eigenvalue weighted by molar-refractivity contribution is 5.71. The highest BCUT2D eigenvalue weighted by Crippen LogP contribution is 2.20. The van der Waals surface area contributed by atoms with Crippen molar-refractivity contribution in [2.75, 3.05) is 13.2 Å². The molecule has 0 unspecified atom stereocenters. The summed E-state index contributed by atoms with van der Waals surface area (Å²) < 4.78 is 9.81. The molecule has 0 N–H and O–H groups in total. The molecule has 0 aliphatic carbocycles. The van der Waals surface area contributed by atoms with Crippen molar-refractivity contribution in [3.8, 4) is 0 Å². The van der Waals surface area contributed by atoms with E-state index >= 15 is 0 Å². The number of carbonyl (C=O) groups excluding carboxylic acids is 3. The Morgan fingerprint density at radius 2 is 1.57 bits per heavy atom. The molecule has 0 amide bonds. The van der Waals surface area contributed by atoms with Crippen LogP contribution in [0.4, 0.5) is 0 Å². The van der Waals surface area contributed by atoms with Crippen LogP contribution in [0.1, 0.15) is 19.4 Å². The SMILES string of the molecule is CC(=O)OCC(C=O)(C=Cc1ccccc1)COC(C)=O. The maximum Gasteiger partial charge on any atom is 0.302 e. The minimum atomic E-state index is -1.19. The van der Waals surface area contributed by atoms with Crippen molar-refractivity contribution in [2.24, 2.45) is 5.41 Å². The lowest BCUT2D eigenvalue weighted by Gasteiger charge is -2.23. The molecule has 1 aromatic carbocycles. The Labute approximate surface area is 123 Å². The van der Waals surface area contributed by atoms with Gasteiger partial charge in [0, 0.05) is 13.8 Å². The summed E-state index contributed by atoms with van der Waals surface area (Å²) in [5.74, 6) is -1.01. The number of hydrogen-bond donors (Lipinski definition) is 0. The van der Waals surface area contributed by atoms with Crippen LogP contribution in [0, 0.1) is 5.41 Å². The molecule has 0 spiro atoms. The van der Waals surface area contributed by atoms with E-state index in [1.54, 1.807) is 12.2 Å². The summed E-state index contributed by atoms with van der Waals surface area (Å²) in [6, 6.07) is 9.33. The maximum absolute atomic E-state index is 11.4. The lowest BCUT2D eigenvalue weighted by Crippen LogP contribution is -2.33. The molecule has 0 atom stereocenters. The highest BCUT2D eigenvalue weighted by Gasteiger charge is 2.30. The topological polar surface area (TPSA) is 69.7 Å². The van der Waals surface area contributed by atoms with E-state index in [0.717, 1.165) is 5.56 Å². The minimum absolute atomic E-state index is 0.178. The first-order chi connectivity index (χ1) is 9.97. The van der Waals surface area contributed by atoms with E-state index in [1.807, 2.05) is 30.3 Å². The van der Waals surface area contributed by atoms with E-state index in [0.29, 0.717) is 6.29 Å². The third-order valence-electron chi connectivity index (χ3n) is 2.73. The van der Waals surface area contributed by atoms with Crippen LogP contribution < -0.4 is 0 Å². The molecular formula is C16H18O5. The van der Waals surface area contributed by atoms with Crippen LogP contribution in [0.3, 0.4) is 0 Å². The highest BCUT2D eigenvalue weighted by atomic mass is 16.5. The number of esters is 2. The molecule has 0 aromatic heterocycles. The van der Waals surface area contributed by atoms with Crippen LogP contribution in [0.2, 0.25) is 0 Å². The van der Waals surface area contributed by atoms with Crippen LogP contribution in [0.15, 0.2) is 36.4 Å². The quantitative estimate of drug-likeness (QED) is 0.567. The summed E-state index contributed by atoms with van der Waals surface area (Å²) >= 11 is 0. The summed E-state index contributed by atoms with van der Waals surface area (Å²) in [6.07, 6.45) is 3.93. The molecule has 0 aliphatic rings. The fraction of sp³-hybridized carbons (Fsp3) is 0.312. The van der Waals surface area contributed by atoms with Gasteiger partial charge in [-0.2, -0.15) is 0 Å². The third-order valence-corrected chi connectivity index (χ3v) is 2.73. The van der Waals surface area contributed by atoms with Gasteiger partial charge in [-0.15, -0.1) is 0 Å². The average molecular weight is 290 g/mol. The van der Waals surface area contributed by atoms with Gasteiger partial charge < -0.3 is 14.3 Å². The summed E-state index contributed by atoms with van der Waals surface area (Å²) in [7, 11) is 0. The molecule has 0 aliphatic heterocycles. The zero-order valence-electron chi connectivity index (χ0n) is 12.1. The first-order valence-corrected chi connectivity index (χ1v) is 6.45. The Bertz CT molecular complexity index is 501. The van der Waals surface area contributed by atoms with Gasteiger partial charge in [0.25, 0.3) is 0 Å². The van der Waals surface area contributed by atoms with E-state index in [2.05, 4.69) is 0 Å². The second-order valence-electron chi connectivity index (χ2n) is 4.66. The van der Waals surface area contributed by atoms with Gasteiger partial charge in [-0.05, 0) is 5.56 Å². The molecule has 0 heterocycles. The van der Waals surface area contributed by atoms with Crippen molar-refractivity contribution >= 4 is 24.3 Å². The lowest BCUT2D eigenvalue weighted by atomic mass is 9.90. The van der Waals surface area contributed by atoms with Gasteiger partial charge in [-0.25, -0.2) is 0 Å².